The first-order valence-corrected chi connectivity index (χ1v) is 5.60. The van der Waals surface area contributed by atoms with Crippen LogP contribution in [0, 0.1) is 11.3 Å². The molecule has 0 bridgehead atoms. The van der Waals surface area contributed by atoms with E-state index in [1.165, 1.54) is 0 Å². The van der Waals surface area contributed by atoms with Crippen LogP contribution in [0.25, 0.3) is 0 Å². The molecule has 0 aromatic heterocycles. The molecular formula is C11H21NO3. The Labute approximate surface area is 90.8 Å². The van der Waals surface area contributed by atoms with E-state index in [0.29, 0.717) is 13.0 Å². The SMILES string of the molecule is COCC[C@@H]1CCCC[C@@]1(CN)C(=O)O. The summed E-state index contributed by atoms with van der Waals surface area (Å²) in [5.41, 5.74) is 4.98. The van der Waals surface area contributed by atoms with E-state index in [1.54, 1.807) is 7.11 Å². The lowest BCUT2D eigenvalue weighted by Gasteiger charge is -2.40. The molecule has 1 fully saturated rings. The summed E-state index contributed by atoms with van der Waals surface area (Å²) in [6.45, 7) is 0.871. The van der Waals surface area contributed by atoms with Crippen molar-refractivity contribution < 1.29 is 14.6 Å². The number of carbonyl (C=O) groups is 1. The molecule has 0 unspecified atom stereocenters. The minimum absolute atomic E-state index is 0.175. The molecule has 0 saturated heterocycles. The highest BCUT2D eigenvalue weighted by Crippen LogP contribution is 2.42. The number of carboxylic acid groups (broad SMARTS) is 1. The monoisotopic (exact) mass is 215 g/mol. The lowest BCUT2D eigenvalue weighted by atomic mass is 9.65. The molecule has 0 spiro atoms. The number of aliphatic carboxylic acids is 1. The Bertz CT molecular complexity index is 220. The fourth-order valence-electron chi connectivity index (χ4n) is 2.63. The highest BCUT2D eigenvalue weighted by molar-refractivity contribution is 5.75. The van der Waals surface area contributed by atoms with Gasteiger partial charge in [0.2, 0.25) is 0 Å². The van der Waals surface area contributed by atoms with Crippen LogP contribution in [0.15, 0.2) is 0 Å². The molecule has 1 aliphatic carbocycles. The summed E-state index contributed by atoms with van der Waals surface area (Å²) in [6, 6.07) is 0. The summed E-state index contributed by atoms with van der Waals surface area (Å²) in [5.74, 6) is -0.556. The molecular weight excluding hydrogens is 194 g/mol. The Morgan fingerprint density at radius 1 is 1.60 bits per heavy atom. The summed E-state index contributed by atoms with van der Waals surface area (Å²) >= 11 is 0. The Kier molecular flexibility index (Phi) is 4.54. The van der Waals surface area contributed by atoms with Gasteiger partial charge >= 0.3 is 5.97 Å². The number of nitrogens with two attached hydrogens (primary N) is 1. The van der Waals surface area contributed by atoms with Crippen molar-refractivity contribution in [1.29, 1.82) is 0 Å². The maximum atomic E-state index is 11.4. The van der Waals surface area contributed by atoms with Gasteiger partial charge in [0, 0.05) is 20.3 Å². The zero-order valence-corrected chi connectivity index (χ0v) is 9.37. The van der Waals surface area contributed by atoms with Gasteiger partial charge in [-0.25, -0.2) is 0 Å². The lowest BCUT2D eigenvalue weighted by molar-refractivity contribution is -0.154. The van der Waals surface area contributed by atoms with Crippen molar-refractivity contribution in [1.82, 2.24) is 0 Å². The minimum Gasteiger partial charge on any atom is -0.481 e. The third kappa shape index (κ3) is 2.49. The van der Waals surface area contributed by atoms with Crippen molar-refractivity contribution in [3.63, 3.8) is 0 Å². The molecule has 2 atom stereocenters. The van der Waals surface area contributed by atoms with Crippen LogP contribution in [0.4, 0.5) is 0 Å². The van der Waals surface area contributed by atoms with Crippen molar-refractivity contribution in [3.8, 4) is 0 Å². The average molecular weight is 215 g/mol. The zero-order chi connectivity index (χ0) is 11.3. The molecule has 15 heavy (non-hydrogen) atoms. The molecule has 0 amide bonds. The van der Waals surface area contributed by atoms with Gasteiger partial charge in [0.1, 0.15) is 0 Å². The summed E-state index contributed by atoms with van der Waals surface area (Å²) < 4.78 is 5.03. The smallest absolute Gasteiger partial charge is 0.311 e. The number of hydrogen-bond donors (Lipinski definition) is 2. The molecule has 1 rings (SSSR count). The Hall–Kier alpha value is -0.610. The van der Waals surface area contributed by atoms with E-state index in [4.69, 9.17) is 10.5 Å². The first kappa shape index (κ1) is 12.5. The van der Waals surface area contributed by atoms with Crippen LogP contribution in [0.2, 0.25) is 0 Å². The Morgan fingerprint density at radius 2 is 2.33 bits per heavy atom. The van der Waals surface area contributed by atoms with E-state index in [-0.39, 0.29) is 12.5 Å². The predicted octanol–water partition coefficient (Wildman–Crippen LogP) is 1.24. The molecule has 88 valence electrons. The molecule has 0 radical (unpaired) electrons. The van der Waals surface area contributed by atoms with Crippen molar-refractivity contribution in [2.24, 2.45) is 17.1 Å². The van der Waals surface area contributed by atoms with Crippen LogP contribution >= 0.6 is 0 Å². The first-order valence-electron chi connectivity index (χ1n) is 5.60. The lowest BCUT2D eigenvalue weighted by Crippen LogP contribution is -2.47. The van der Waals surface area contributed by atoms with E-state index in [9.17, 15) is 9.90 Å². The zero-order valence-electron chi connectivity index (χ0n) is 9.37. The quantitative estimate of drug-likeness (QED) is 0.723. The largest absolute Gasteiger partial charge is 0.481 e. The molecule has 0 aromatic rings. The average Bonchev–Trinajstić information content (AvgIpc) is 2.26. The molecule has 0 aromatic carbocycles. The maximum Gasteiger partial charge on any atom is 0.311 e. The van der Waals surface area contributed by atoms with Gasteiger partial charge in [-0.15, -0.1) is 0 Å². The van der Waals surface area contributed by atoms with Crippen molar-refractivity contribution >= 4 is 5.97 Å². The first-order chi connectivity index (χ1) is 7.17. The normalized spacial score (nSPS) is 31.5. The van der Waals surface area contributed by atoms with Crippen molar-refractivity contribution in [3.05, 3.63) is 0 Å². The second-order valence-electron chi connectivity index (χ2n) is 4.39. The summed E-state index contributed by atoms with van der Waals surface area (Å²) in [6.07, 6.45) is 4.58. The van der Waals surface area contributed by atoms with Gasteiger partial charge in [0.25, 0.3) is 0 Å². The summed E-state index contributed by atoms with van der Waals surface area (Å²) in [4.78, 5) is 11.4. The second kappa shape index (κ2) is 5.47. The van der Waals surface area contributed by atoms with Gasteiger partial charge in [-0.05, 0) is 25.2 Å². The van der Waals surface area contributed by atoms with E-state index in [2.05, 4.69) is 0 Å². The number of methoxy groups -OCH3 is 1. The molecule has 4 nitrogen and oxygen atoms in total. The van der Waals surface area contributed by atoms with Crippen molar-refractivity contribution in [2.75, 3.05) is 20.3 Å². The fraction of sp³-hybridized carbons (Fsp3) is 0.909. The number of ether oxygens (including phenoxy) is 1. The molecule has 4 heteroatoms. The van der Waals surface area contributed by atoms with Crippen LogP contribution in [0.5, 0.6) is 0 Å². The van der Waals surface area contributed by atoms with Gasteiger partial charge < -0.3 is 15.6 Å². The molecule has 0 heterocycles. The topological polar surface area (TPSA) is 72.5 Å². The third-order valence-electron chi connectivity index (χ3n) is 3.67. The van der Waals surface area contributed by atoms with Gasteiger partial charge in [0.15, 0.2) is 0 Å². The fourth-order valence-corrected chi connectivity index (χ4v) is 2.63. The number of carboxylic acids is 1. The molecule has 1 saturated carbocycles. The van der Waals surface area contributed by atoms with Crippen LogP contribution in [0.3, 0.4) is 0 Å². The second-order valence-corrected chi connectivity index (χ2v) is 4.39. The Morgan fingerprint density at radius 3 is 2.87 bits per heavy atom. The molecule has 3 N–H and O–H groups in total. The van der Waals surface area contributed by atoms with E-state index >= 15 is 0 Å². The standard InChI is InChI=1S/C11H21NO3/c1-15-7-5-9-4-2-3-6-11(9,8-12)10(13)14/h9H,2-8,12H2,1H3,(H,13,14)/t9-,11-/m0/s1. The minimum atomic E-state index is -0.731. The van der Waals surface area contributed by atoms with Crippen molar-refractivity contribution in [2.45, 2.75) is 32.1 Å². The van der Waals surface area contributed by atoms with Gasteiger partial charge in [-0.3, -0.25) is 4.79 Å². The molecule has 0 aliphatic heterocycles. The highest BCUT2D eigenvalue weighted by atomic mass is 16.5. The molecule has 1 aliphatic rings. The van der Waals surface area contributed by atoms with Gasteiger partial charge in [0.05, 0.1) is 5.41 Å². The van der Waals surface area contributed by atoms with Crippen LogP contribution < -0.4 is 5.73 Å². The Balaban J connectivity index is 2.73. The van der Waals surface area contributed by atoms with Crippen LogP contribution in [-0.2, 0) is 9.53 Å². The van der Waals surface area contributed by atoms with E-state index in [1.807, 2.05) is 0 Å². The predicted molar refractivity (Wildman–Crippen MR) is 57.6 cm³/mol. The third-order valence-corrected chi connectivity index (χ3v) is 3.67. The van der Waals surface area contributed by atoms with E-state index in [0.717, 1.165) is 25.7 Å². The summed E-state index contributed by atoms with van der Waals surface area (Å²) in [5, 5.41) is 9.34. The van der Waals surface area contributed by atoms with Crippen LogP contribution in [-0.4, -0.2) is 31.3 Å². The number of rotatable bonds is 5. The number of hydrogen-bond acceptors (Lipinski definition) is 3. The maximum absolute atomic E-state index is 11.4. The van der Waals surface area contributed by atoms with Gasteiger partial charge in [-0.1, -0.05) is 12.8 Å². The van der Waals surface area contributed by atoms with E-state index < -0.39 is 11.4 Å². The van der Waals surface area contributed by atoms with Crippen LogP contribution in [0.1, 0.15) is 32.1 Å². The van der Waals surface area contributed by atoms with Gasteiger partial charge in [-0.2, -0.15) is 0 Å². The highest BCUT2D eigenvalue weighted by Gasteiger charge is 2.45. The summed E-state index contributed by atoms with van der Waals surface area (Å²) in [7, 11) is 1.65.